The molecule has 7 heteroatoms. The van der Waals surface area contributed by atoms with Crippen molar-refractivity contribution in [2.75, 3.05) is 13.1 Å². The second-order valence-corrected chi connectivity index (χ2v) is 11.2. The summed E-state index contributed by atoms with van der Waals surface area (Å²) >= 11 is 0. The molecule has 3 aromatic rings. The lowest BCUT2D eigenvalue weighted by atomic mass is 9.82. The standard InChI is InChI=1S/C31H32N6O/c38-28-27-21(10-12-23-19-35-30(37-23)26-6-4-16-33-26)8-7-20(24(27)17-31(28)13-1-2-14-31)9-11-22-18-34-29(36-22)25-5-3-15-32-25/h7-8,18-19,25-26,32-33H,1-6,13-17H2,(H,34,36)(H,35,37)/t25-,26-/m0/s1. The number of ketones is 1. The van der Waals surface area contributed by atoms with Crippen LogP contribution in [0.15, 0.2) is 24.5 Å². The fraction of sp³-hybridized carbons (Fsp3) is 0.452. The number of rotatable bonds is 2. The quantitative estimate of drug-likeness (QED) is 0.394. The molecule has 1 spiro atoms. The number of aromatic amines is 2. The lowest BCUT2D eigenvalue weighted by molar-refractivity contribution is 0.0827. The lowest BCUT2D eigenvalue weighted by Crippen LogP contribution is -2.24. The van der Waals surface area contributed by atoms with Crippen molar-refractivity contribution in [1.82, 2.24) is 30.6 Å². The van der Waals surface area contributed by atoms with Gasteiger partial charge in [0.1, 0.15) is 23.0 Å². The maximum atomic E-state index is 13.8. The average molecular weight is 505 g/mol. The lowest BCUT2D eigenvalue weighted by Gasteiger charge is -2.19. The third-order valence-electron chi connectivity index (χ3n) is 8.73. The van der Waals surface area contributed by atoms with Crippen molar-refractivity contribution >= 4 is 5.78 Å². The van der Waals surface area contributed by atoms with Crippen molar-refractivity contribution in [2.45, 2.75) is 69.9 Å². The maximum absolute atomic E-state index is 13.8. The molecule has 4 heterocycles. The first-order valence-corrected chi connectivity index (χ1v) is 14.0. The van der Waals surface area contributed by atoms with Crippen LogP contribution in [0.4, 0.5) is 0 Å². The topological polar surface area (TPSA) is 98.5 Å². The predicted octanol–water partition coefficient (Wildman–Crippen LogP) is 4.08. The van der Waals surface area contributed by atoms with Crippen molar-refractivity contribution in [3.05, 3.63) is 69.8 Å². The van der Waals surface area contributed by atoms with Crippen LogP contribution in [0.1, 0.15) is 114 Å². The van der Waals surface area contributed by atoms with Gasteiger partial charge in [0.2, 0.25) is 0 Å². The van der Waals surface area contributed by atoms with Crippen LogP contribution >= 0.6 is 0 Å². The smallest absolute Gasteiger partial charge is 0.170 e. The van der Waals surface area contributed by atoms with E-state index in [1.807, 2.05) is 18.3 Å². The summed E-state index contributed by atoms with van der Waals surface area (Å²) in [5, 5.41) is 6.93. The Balaban J connectivity index is 1.21. The number of nitrogens with one attached hydrogen (secondary N) is 4. The zero-order chi connectivity index (χ0) is 25.5. The van der Waals surface area contributed by atoms with Gasteiger partial charge < -0.3 is 20.6 Å². The minimum absolute atomic E-state index is 0.259. The highest BCUT2D eigenvalue weighted by atomic mass is 16.1. The third kappa shape index (κ3) is 4.17. The Kier molecular flexibility index (Phi) is 5.92. The van der Waals surface area contributed by atoms with Crippen LogP contribution in [0.2, 0.25) is 0 Å². The zero-order valence-electron chi connectivity index (χ0n) is 21.5. The number of aromatic nitrogens is 4. The van der Waals surface area contributed by atoms with E-state index in [1.54, 1.807) is 6.20 Å². The van der Waals surface area contributed by atoms with E-state index in [0.717, 1.165) is 110 Å². The molecule has 2 atom stereocenters. The molecule has 4 aliphatic rings. The number of hydrogen-bond donors (Lipinski definition) is 4. The Bertz CT molecular complexity index is 1500. The van der Waals surface area contributed by atoms with Crippen LogP contribution in [0.25, 0.3) is 0 Å². The molecule has 0 radical (unpaired) electrons. The van der Waals surface area contributed by atoms with Crippen LogP contribution in [-0.2, 0) is 6.42 Å². The predicted molar refractivity (Wildman–Crippen MR) is 144 cm³/mol. The molecule has 3 fully saturated rings. The summed E-state index contributed by atoms with van der Waals surface area (Å²) in [6.07, 6.45) is 13.0. The van der Waals surface area contributed by atoms with E-state index in [0.29, 0.717) is 0 Å². The van der Waals surface area contributed by atoms with Gasteiger partial charge in [-0.25, -0.2) is 9.97 Å². The first kappa shape index (κ1) is 23.5. The number of benzene rings is 1. The van der Waals surface area contributed by atoms with Gasteiger partial charge in [-0.05, 0) is 87.6 Å². The molecule has 7 nitrogen and oxygen atoms in total. The van der Waals surface area contributed by atoms with E-state index in [9.17, 15) is 4.79 Å². The Hall–Kier alpha value is -3.65. The molecular formula is C31H32N6O. The number of carbonyl (C=O) groups is 1. The van der Waals surface area contributed by atoms with E-state index in [1.165, 1.54) is 6.42 Å². The molecule has 2 aromatic heterocycles. The van der Waals surface area contributed by atoms with Gasteiger partial charge in [0.25, 0.3) is 0 Å². The summed E-state index contributed by atoms with van der Waals surface area (Å²) in [4.78, 5) is 29.6. The molecule has 0 amide bonds. The first-order valence-electron chi connectivity index (χ1n) is 14.0. The third-order valence-corrected chi connectivity index (χ3v) is 8.73. The van der Waals surface area contributed by atoms with Crippen LogP contribution < -0.4 is 10.6 Å². The minimum Gasteiger partial charge on any atom is -0.334 e. The first-order chi connectivity index (χ1) is 18.7. The van der Waals surface area contributed by atoms with Gasteiger partial charge in [-0.3, -0.25) is 4.79 Å². The molecule has 1 aromatic carbocycles. The summed E-state index contributed by atoms with van der Waals surface area (Å²) < 4.78 is 0. The number of nitrogens with zero attached hydrogens (tertiary/aromatic N) is 2. The molecule has 2 aliphatic heterocycles. The van der Waals surface area contributed by atoms with E-state index in [-0.39, 0.29) is 23.3 Å². The van der Waals surface area contributed by atoms with E-state index >= 15 is 0 Å². The van der Waals surface area contributed by atoms with Crippen LogP contribution in [0.5, 0.6) is 0 Å². The van der Waals surface area contributed by atoms with Crippen LogP contribution in [0, 0.1) is 29.1 Å². The van der Waals surface area contributed by atoms with Crippen molar-refractivity contribution in [1.29, 1.82) is 0 Å². The number of fused-ring (bicyclic) bond motifs is 1. The van der Waals surface area contributed by atoms with Crippen LogP contribution in [0.3, 0.4) is 0 Å². The van der Waals surface area contributed by atoms with E-state index < -0.39 is 0 Å². The highest BCUT2D eigenvalue weighted by Gasteiger charge is 2.48. The highest BCUT2D eigenvalue weighted by Crippen LogP contribution is 2.50. The number of hydrogen-bond acceptors (Lipinski definition) is 5. The Morgan fingerprint density at radius 3 is 1.92 bits per heavy atom. The van der Waals surface area contributed by atoms with E-state index in [4.69, 9.17) is 0 Å². The number of imidazole rings is 2. The summed E-state index contributed by atoms with van der Waals surface area (Å²) in [6.45, 7) is 2.06. The summed E-state index contributed by atoms with van der Waals surface area (Å²) in [6, 6.07) is 4.57. The van der Waals surface area contributed by atoms with Crippen molar-refractivity contribution in [2.24, 2.45) is 5.41 Å². The number of H-pyrrole nitrogens is 2. The molecule has 0 bridgehead atoms. The summed E-state index contributed by atoms with van der Waals surface area (Å²) in [7, 11) is 0. The normalized spacial score (nSPS) is 23.3. The summed E-state index contributed by atoms with van der Waals surface area (Å²) in [5.74, 6) is 15.3. The highest BCUT2D eigenvalue weighted by molar-refractivity contribution is 6.07. The Morgan fingerprint density at radius 2 is 1.34 bits per heavy atom. The number of Topliss-reactive ketones (excluding diaryl/α,β-unsaturated/α-hetero) is 1. The molecule has 2 aliphatic carbocycles. The molecule has 38 heavy (non-hydrogen) atoms. The average Bonchev–Trinajstić information content (AvgIpc) is 3.76. The van der Waals surface area contributed by atoms with Gasteiger partial charge in [0, 0.05) is 22.1 Å². The number of carbonyl (C=O) groups excluding carboxylic acids is 1. The summed E-state index contributed by atoms with van der Waals surface area (Å²) in [5.41, 5.74) is 4.87. The fourth-order valence-corrected chi connectivity index (χ4v) is 6.71. The molecule has 1 saturated carbocycles. The minimum atomic E-state index is -0.277. The van der Waals surface area contributed by atoms with Crippen molar-refractivity contribution in [3.8, 4) is 23.7 Å². The van der Waals surface area contributed by atoms with Gasteiger partial charge in [0.15, 0.2) is 5.78 Å². The molecule has 4 N–H and O–H groups in total. The Labute approximate surface area is 223 Å². The fourth-order valence-electron chi connectivity index (χ4n) is 6.71. The van der Waals surface area contributed by atoms with Gasteiger partial charge in [-0.1, -0.05) is 24.7 Å². The van der Waals surface area contributed by atoms with E-state index in [2.05, 4.69) is 54.3 Å². The molecule has 0 unspecified atom stereocenters. The van der Waals surface area contributed by atoms with Gasteiger partial charge >= 0.3 is 0 Å². The monoisotopic (exact) mass is 504 g/mol. The second-order valence-electron chi connectivity index (χ2n) is 11.2. The SMILES string of the molecule is O=C1c2c(C#Cc3cnc([C@@H]4CCCN4)[nH]3)ccc(C#Cc3cnc([C@@H]4CCCN4)[nH]3)c2CC12CCCC2. The molecule has 7 rings (SSSR count). The van der Waals surface area contributed by atoms with Crippen molar-refractivity contribution in [3.63, 3.8) is 0 Å². The molecule has 192 valence electrons. The maximum Gasteiger partial charge on any atom is 0.170 e. The molecular weight excluding hydrogens is 472 g/mol. The van der Waals surface area contributed by atoms with Gasteiger partial charge in [-0.15, -0.1) is 0 Å². The zero-order valence-corrected chi connectivity index (χ0v) is 21.5. The molecule has 2 saturated heterocycles. The van der Waals surface area contributed by atoms with Crippen LogP contribution in [-0.4, -0.2) is 38.8 Å². The second kappa shape index (κ2) is 9.58. The largest absolute Gasteiger partial charge is 0.334 e. The van der Waals surface area contributed by atoms with Crippen molar-refractivity contribution < 1.29 is 4.79 Å². The van der Waals surface area contributed by atoms with Gasteiger partial charge in [-0.2, -0.15) is 0 Å². The Morgan fingerprint density at radius 1 is 0.763 bits per heavy atom. The van der Waals surface area contributed by atoms with Gasteiger partial charge in [0.05, 0.1) is 24.5 Å².